The fourth-order valence-electron chi connectivity index (χ4n) is 1.10. The predicted molar refractivity (Wildman–Crippen MR) is 63.1 cm³/mol. The number of anilines is 1. The zero-order chi connectivity index (χ0) is 10.6. The SMILES string of the molecule is CNC(=S)N(C)c1cccc(OC)c1. The molecular weight excluding hydrogens is 196 g/mol. The van der Waals surface area contributed by atoms with E-state index < -0.39 is 0 Å². The molecule has 1 aromatic rings. The van der Waals surface area contributed by atoms with Crippen molar-refractivity contribution < 1.29 is 4.74 Å². The van der Waals surface area contributed by atoms with E-state index in [2.05, 4.69) is 5.32 Å². The molecule has 0 aliphatic carbocycles. The average molecular weight is 210 g/mol. The van der Waals surface area contributed by atoms with Crippen LogP contribution in [-0.4, -0.2) is 26.3 Å². The highest BCUT2D eigenvalue weighted by Gasteiger charge is 2.05. The first kappa shape index (κ1) is 10.8. The summed E-state index contributed by atoms with van der Waals surface area (Å²) < 4.78 is 5.13. The number of ether oxygens (including phenoxy) is 1. The Kier molecular flexibility index (Phi) is 3.71. The van der Waals surface area contributed by atoms with Crippen LogP contribution in [0, 0.1) is 0 Å². The summed E-state index contributed by atoms with van der Waals surface area (Å²) in [6.45, 7) is 0. The van der Waals surface area contributed by atoms with Gasteiger partial charge in [-0.15, -0.1) is 0 Å². The minimum atomic E-state index is 0.679. The fourth-order valence-corrected chi connectivity index (χ4v) is 1.21. The van der Waals surface area contributed by atoms with Gasteiger partial charge in [-0.05, 0) is 24.4 Å². The number of rotatable bonds is 2. The molecule has 0 unspecified atom stereocenters. The Bertz CT molecular complexity index is 328. The van der Waals surface area contributed by atoms with Gasteiger partial charge < -0.3 is 15.0 Å². The topological polar surface area (TPSA) is 24.5 Å². The molecule has 0 saturated carbocycles. The minimum Gasteiger partial charge on any atom is -0.497 e. The van der Waals surface area contributed by atoms with Gasteiger partial charge in [0, 0.05) is 25.8 Å². The Morgan fingerprint density at radius 3 is 2.79 bits per heavy atom. The predicted octanol–water partition coefficient (Wildman–Crippen LogP) is 1.64. The molecule has 0 amide bonds. The molecule has 1 rings (SSSR count). The van der Waals surface area contributed by atoms with Crippen LogP contribution in [0.15, 0.2) is 24.3 Å². The van der Waals surface area contributed by atoms with Crippen molar-refractivity contribution in [2.24, 2.45) is 0 Å². The Labute approximate surface area is 89.7 Å². The lowest BCUT2D eigenvalue weighted by Gasteiger charge is -2.19. The number of methoxy groups -OCH3 is 1. The first-order valence-corrected chi connectivity index (χ1v) is 4.69. The molecule has 0 saturated heterocycles. The maximum absolute atomic E-state index is 5.13. The normalized spacial score (nSPS) is 9.36. The molecule has 0 spiro atoms. The van der Waals surface area contributed by atoms with Gasteiger partial charge in [0.05, 0.1) is 7.11 Å². The Morgan fingerprint density at radius 2 is 2.21 bits per heavy atom. The number of thiocarbonyl (C=S) groups is 1. The maximum atomic E-state index is 5.13. The van der Waals surface area contributed by atoms with Crippen LogP contribution < -0.4 is 15.0 Å². The zero-order valence-electron chi connectivity index (χ0n) is 8.57. The summed E-state index contributed by atoms with van der Waals surface area (Å²) >= 11 is 5.11. The maximum Gasteiger partial charge on any atom is 0.172 e. The summed E-state index contributed by atoms with van der Waals surface area (Å²) in [6.07, 6.45) is 0. The second-order valence-corrected chi connectivity index (χ2v) is 3.20. The third kappa shape index (κ3) is 2.35. The Hall–Kier alpha value is -1.29. The van der Waals surface area contributed by atoms with Crippen LogP contribution in [0.1, 0.15) is 0 Å². The Balaban J connectivity index is 2.89. The van der Waals surface area contributed by atoms with E-state index in [0.29, 0.717) is 5.11 Å². The lowest BCUT2D eigenvalue weighted by Crippen LogP contribution is -2.34. The van der Waals surface area contributed by atoms with E-state index in [1.807, 2.05) is 36.2 Å². The molecule has 1 N–H and O–H groups in total. The largest absolute Gasteiger partial charge is 0.497 e. The van der Waals surface area contributed by atoms with Crippen LogP contribution in [-0.2, 0) is 0 Å². The second kappa shape index (κ2) is 4.81. The third-order valence-corrected chi connectivity index (χ3v) is 2.44. The monoisotopic (exact) mass is 210 g/mol. The summed E-state index contributed by atoms with van der Waals surface area (Å²) in [5.41, 5.74) is 1.00. The van der Waals surface area contributed by atoms with E-state index in [4.69, 9.17) is 17.0 Å². The van der Waals surface area contributed by atoms with Crippen LogP contribution in [0.2, 0.25) is 0 Å². The quantitative estimate of drug-likeness (QED) is 0.750. The number of nitrogens with zero attached hydrogens (tertiary/aromatic N) is 1. The van der Waals surface area contributed by atoms with E-state index in [1.165, 1.54) is 0 Å². The number of hydrogen-bond donors (Lipinski definition) is 1. The average Bonchev–Trinajstić information content (AvgIpc) is 2.27. The van der Waals surface area contributed by atoms with E-state index >= 15 is 0 Å². The molecule has 0 radical (unpaired) electrons. The van der Waals surface area contributed by atoms with Crippen LogP contribution in [0.5, 0.6) is 5.75 Å². The van der Waals surface area contributed by atoms with Crippen LogP contribution in [0.3, 0.4) is 0 Å². The number of hydrogen-bond acceptors (Lipinski definition) is 2. The van der Waals surface area contributed by atoms with Gasteiger partial charge in [0.2, 0.25) is 0 Å². The standard InChI is InChI=1S/C10H14N2OS/c1-11-10(14)12(2)8-5-4-6-9(7-8)13-3/h4-7H,1-3H3,(H,11,14). The molecule has 0 atom stereocenters. The van der Waals surface area contributed by atoms with Crippen LogP contribution in [0.25, 0.3) is 0 Å². The first-order valence-electron chi connectivity index (χ1n) is 4.28. The minimum absolute atomic E-state index is 0.679. The van der Waals surface area contributed by atoms with Gasteiger partial charge in [0.25, 0.3) is 0 Å². The lowest BCUT2D eigenvalue weighted by molar-refractivity contribution is 0.415. The van der Waals surface area contributed by atoms with Gasteiger partial charge in [-0.1, -0.05) is 6.07 Å². The molecule has 3 nitrogen and oxygen atoms in total. The summed E-state index contributed by atoms with van der Waals surface area (Å²) in [5.74, 6) is 0.827. The van der Waals surface area contributed by atoms with Gasteiger partial charge in [0.15, 0.2) is 5.11 Å². The van der Waals surface area contributed by atoms with Crippen molar-refractivity contribution >= 4 is 23.0 Å². The van der Waals surface area contributed by atoms with Crippen molar-refractivity contribution in [2.45, 2.75) is 0 Å². The van der Waals surface area contributed by atoms with E-state index in [0.717, 1.165) is 11.4 Å². The van der Waals surface area contributed by atoms with Gasteiger partial charge >= 0.3 is 0 Å². The molecule has 0 aliphatic heterocycles. The van der Waals surface area contributed by atoms with Crippen molar-refractivity contribution in [3.63, 3.8) is 0 Å². The smallest absolute Gasteiger partial charge is 0.172 e. The number of benzene rings is 1. The molecule has 76 valence electrons. The van der Waals surface area contributed by atoms with Gasteiger partial charge in [-0.25, -0.2) is 0 Å². The molecule has 4 heteroatoms. The van der Waals surface area contributed by atoms with Crippen molar-refractivity contribution in [1.82, 2.24) is 5.32 Å². The summed E-state index contributed by atoms with van der Waals surface area (Å²) in [7, 11) is 5.36. The highest BCUT2D eigenvalue weighted by molar-refractivity contribution is 7.80. The van der Waals surface area contributed by atoms with Gasteiger partial charge in [-0.3, -0.25) is 0 Å². The van der Waals surface area contributed by atoms with Gasteiger partial charge in [-0.2, -0.15) is 0 Å². The van der Waals surface area contributed by atoms with Crippen molar-refractivity contribution in [2.75, 3.05) is 26.1 Å². The molecule has 0 heterocycles. The molecule has 1 aromatic carbocycles. The first-order chi connectivity index (χ1) is 6.69. The van der Waals surface area contributed by atoms with Crippen molar-refractivity contribution in [3.05, 3.63) is 24.3 Å². The Morgan fingerprint density at radius 1 is 1.50 bits per heavy atom. The third-order valence-electron chi connectivity index (χ3n) is 1.96. The highest BCUT2D eigenvalue weighted by Crippen LogP contribution is 2.19. The van der Waals surface area contributed by atoms with Crippen LogP contribution in [0.4, 0.5) is 5.69 Å². The number of nitrogens with one attached hydrogen (secondary N) is 1. The summed E-state index contributed by atoms with van der Waals surface area (Å²) in [5, 5.41) is 3.60. The van der Waals surface area contributed by atoms with E-state index in [9.17, 15) is 0 Å². The van der Waals surface area contributed by atoms with Crippen molar-refractivity contribution in [3.8, 4) is 5.75 Å². The van der Waals surface area contributed by atoms with E-state index in [1.54, 1.807) is 14.2 Å². The van der Waals surface area contributed by atoms with E-state index in [-0.39, 0.29) is 0 Å². The molecule has 0 fully saturated rings. The molecule has 0 aromatic heterocycles. The molecule has 0 bridgehead atoms. The summed E-state index contributed by atoms with van der Waals surface area (Å²) in [4.78, 5) is 1.89. The van der Waals surface area contributed by atoms with Crippen LogP contribution >= 0.6 is 12.2 Å². The van der Waals surface area contributed by atoms with Crippen molar-refractivity contribution in [1.29, 1.82) is 0 Å². The highest BCUT2D eigenvalue weighted by atomic mass is 32.1. The van der Waals surface area contributed by atoms with Gasteiger partial charge in [0.1, 0.15) is 5.75 Å². The molecule has 0 aliphatic rings. The molecule has 14 heavy (non-hydrogen) atoms. The summed E-state index contributed by atoms with van der Waals surface area (Å²) in [6, 6.07) is 7.75. The second-order valence-electron chi connectivity index (χ2n) is 2.82. The lowest BCUT2D eigenvalue weighted by atomic mass is 10.3. The zero-order valence-corrected chi connectivity index (χ0v) is 9.39. The fraction of sp³-hybridized carbons (Fsp3) is 0.300. The molecular formula is C10H14N2OS.